The van der Waals surface area contributed by atoms with Crippen LogP contribution >= 0.6 is 11.6 Å². The third-order valence-corrected chi connectivity index (χ3v) is 7.46. The topological polar surface area (TPSA) is 105 Å². The highest BCUT2D eigenvalue weighted by atomic mass is 35.5. The summed E-state index contributed by atoms with van der Waals surface area (Å²) in [5.74, 6) is -1.63. The fourth-order valence-electron chi connectivity index (χ4n) is 5.06. The van der Waals surface area contributed by atoms with E-state index in [1.807, 2.05) is 20.8 Å². The number of aliphatic hydroxyl groups is 1. The first-order chi connectivity index (χ1) is 18.0. The van der Waals surface area contributed by atoms with Gasteiger partial charge in [-0.3, -0.25) is 14.3 Å². The molecule has 3 rings (SSSR count). The van der Waals surface area contributed by atoms with Gasteiger partial charge >= 0.3 is 12.1 Å². The molecule has 1 aromatic heterocycles. The average Bonchev–Trinajstić information content (AvgIpc) is 3.28. The number of carboxylic acids is 1. The third kappa shape index (κ3) is 6.87. The average molecular weight is 574 g/mol. The lowest BCUT2D eigenvalue weighted by Crippen LogP contribution is -2.41. The van der Waals surface area contributed by atoms with Crippen molar-refractivity contribution < 1.29 is 37.7 Å². The Balaban J connectivity index is 1.98. The molecule has 0 unspecified atom stereocenters. The van der Waals surface area contributed by atoms with Crippen LogP contribution in [0.2, 0.25) is 5.02 Å². The Morgan fingerprint density at radius 3 is 2.38 bits per heavy atom. The van der Waals surface area contributed by atoms with E-state index in [2.05, 4.69) is 5.10 Å². The van der Waals surface area contributed by atoms with Crippen molar-refractivity contribution in [3.05, 3.63) is 46.2 Å². The first-order valence-electron chi connectivity index (χ1n) is 12.7. The molecule has 1 atom stereocenters. The van der Waals surface area contributed by atoms with Crippen molar-refractivity contribution >= 4 is 23.5 Å². The van der Waals surface area contributed by atoms with Gasteiger partial charge < -0.3 is 19.8 Å². The van der Waals surface area contributed by atoms with Gasteiger partial charge in [0.15, 0.2) is 5.69 Å². The van der Waals surface area contributed by atoms with Gasteiger partial charge in [-0.15, -0.1) is 0 Å². The van der Waals surface area contributed by atoms with Crippen LogP contribution in [0.25, 0.3) is 0 Å². The molecule has 2 N–H and O–H groups in total. The van der Waals surface area contributed by atoms with E-state index in [1.165, 1.54) is 12.0 Å². The zero-order chi connectivity index (χ0) is 29.3. The quantitative estimate of drug-likeness (QED) is 0.402. The predicted molar refractivity (Wildman–Crippen MR) is 139 cm³/mol. The van der Waals surface area contributed by atoms with Crippen LogP contribution in [0.1, 0.15) is 87.1 Å². The van der Waals surface area contributed by atoms with E-state index in [9.17, 15) is 33.0 Å². The van der Waals surface area contributed by atoms with E-state index in [0.717, 1.165) is 10.9 Å². The van der Waals surface area contributed by atoms with Gasteiger partial charge in [-0.2, -0.15) is 18.3 Å². The van der Waals surface area contributed by atoms with Gasteiger partial charge in [0.05, 0.1) is 41.9 Å². The first kappa shape index (κ1) is 30.7. The maximum absolute atomic E-state index is 14.4. The highest BCUT2D eigenvalue weighted by Crippen LogP contribution is 2.44. The molecule has 1 heterocycles. The molecule has 0 aliphatic heterocycles. The minimum absolute atomic E-state index is 0.0402. The van der Waals surface area contributed by atoms with Gasteiger partial charge in [0, 0.05) is 12.1 Å². The number of rotatable bonds is 8. The Morgan fingerprint density at radius 2 is 1.87 bits per heavy atom. The number of ether oxygens (including phenoxy) is 1. The Morgan fingerprint density at radius 1 is 1.26 bits per heavy atom. The lowest BCUT2D eigenvalue weighted by molar-refractivity contribution is -0.152. The van der Waals surface area contributed by atoms with Crippen LogP contribution in [0, 0.1) is 10.8 Å². The second-order valence-corrected chi connectivity index (χ2v) is 12.0. The molecular formula is C27H35ClF3N3O5. The van der Waals surface area contributed by atoms with E-state index in [1.54, 1.807) is 25.1 Å². The number of carbonyl (C=O) groups is 2. The smallest absolute Gasteiger partial charge is 0.433 e. The number of hydrogen-bond donors (Lipinski definition) is 2. The number of benzene rings is 1. The van der Waals surface area contributed by atoms with Crippen LogP contribution < -0.4 is 4.74 Å². The molecule has 0 radical (unpaired) electrons. The van der Waals surface area contributed by atoms with Gasteiger partial charge in [-0.1, -0.05) is 38.4 Å². The molecule has 12 heteroatoms. The minimum atomic E-state index is -4.90. The van der Waals surface area contributed by atoms with Crippen LogP contribution in [0.3, 0.4) is 0 Å². The number of carbonyl (C=O) groups excluding carboxylic acids is 1. The SMILES string of the molecule is COc1cccc(Cl)c1[C@@H](O)CN(CC(C)(C)C)C(=O)c1cnn(C2CCC(C)(C(=O)O)CC2)c1C(F)(F)F. The third-order valence-electron chi connectivity index (χ3n) is 7.13. The maximum atomic E-state index is 14.4. The van der Waals surface area contributed by atoms with E-state index in [4.69, 9.17) is 16.3 Å². The van der Waals surface area contributed by atoms with E-state index < -0.39 is 52.3 Å². The van der Waals surface area contributed by atoms with Crippen molar-refractivity contribution in [2.24, 2.45) is 10.8 Å². The van der Waals surface area contributed by atoms with Crippen LogP contribution in [-0.2, 0) is 11.0 Å². The molecular weight excluding hydrogens is 539 g/mol. The summed E-state index contributed by atoms with van der Waals surface area (Å²) in [6, 6.07) is 4.06. The van der Waals surface area contributed by atoms with Crippen LogP contribution in [-0.4, -0.2) is 57.0 Å². The summed E-state index contributed by atoms with van der Waals surface area (Å²) in [6.45, 7) is 6.76. The van der Waals surface area contributed by atoms with Crippen LogP contribution in [0.4, 0.5) is 13.2 Å². The first-order valence-corrected chi connectivity index (χ1v) is 13.0. The van der Waals surface area contributed by atoms with E-state index >= 15 is 0 Å². The Hall–Kier alpha value is -2.79. The monoisotopic (exact) mass is 573 g/mol. The second-order valence-electron chi connectivity index (χ2n) is 11.6. The summed E-state index contributed by atoms with van der Waals surface area (Å²) in [5.41, 5.74) is -3.11. The molecule has 1 amide bonds. The Bertz CT molecular complexity index is 1200. The van der Waals surface area contributed by atoms with Crippen molar-refractivity contribution in [1.82, 2.24) is 14.7 Å². The molecule has 2 aromatic rings. The Kier molecular flexibility index (Phi) is 8.96. The fraction of sp³-hybridized carbons (Fsp3) is 0.593. The second kappa shape index (κ2) is 11.4. The van der Waals surface area contributed by atoms with Crippen molar-refractivity contribution in [2.45, 2.75) is 71.7 Å². The number of alkyl halides is 3. The molecule has 8 nitrogen and oxygen atoms in total. The molecule has 0 saturated heterocycles. The highest BCUT2D eigenvalue weighted by molar-refractivity contribution is 6.31. The van der Waals surface area contributed by atoms with Crippen LogP contribution in [0.15, 0.2) is 24.4 Å². The number of nitrogens with zero attached hydrogens (tertiary/aromatic N) is 3. The van der Waals surface area contributed by atoms with Gasteiger partial charge in [-0.25, -0.2) is 0 Å². The summed E-state index contributed by atoms with van der Waals surface area (Å²) in [5, 5.41) is 24.7. The minimum Gasteiger partial charge on any atom is -0.496 e. The number of methoxy groups -OCH3 is 1. The van der Waals surface area contributed by atoms with E-state index in [-0.39, 0.29) is 55.1 Å². The lowest BCUT2D eigenvalue weighted by Gasteiger charge is -2.35. The molecule has 1 aliphatic carbocycles. The number of carboxylic acid groups (broad SMARTS) is 1. The Labute approximate surface area is 230 Å². The van der Waals surface area contributed by atoms with Crippen molar-refractivity contribution in [3.8, 4) is 5.75 Å². The number of halogens is 4. The van der Waals surface area contributed by atoms with Gasteiger partial charge in [-0.05, 0) is 50.2 Å². The van der Waals surface area contributed by atoms with Crippen LogP contribution in [0.5, 0.6) is 5.75 Å². The molecule has 1 saturated carbocycles. The number of aliphatic hydroxyl groups excluding tert-OH is 1. The predicted octanol–water partition coefficient (Wildman–Crippen LogP) is 5.99. The van der Waals surface area contributed by atoms with Gasteiger partial charge in [0.2, 0.25) is 0 Å². The molecule has 39 heavy (non-hydrogen) atoms. The van der Waals surface area contributed by atoms with Crippen molar-refractivity contribution in [2.75, 3.05) is 20.2 Å². The molecule has 1 fully saturated rings. The summed E-state index contributed by atoms with van der Waals surface area (Å²) in [4.78, 5) is 26.5. The van der Waals surface area contributed by atoms with Crippen molar-refractivity contribution in [1.29, 1.82) is 0 Å². The fourth-order valence-corrected chi connectivity index (χ4v) is 5.35. The zero-order valence-corrected chi connectivity index (χ0v) is 23.4. The number of hydrogen-bond acceptors (Lipinski definition) is 5. The summed E-state index contributed by atoms with van der Waals surface area (Å²) in [6.07, 6.45) is -4.58. The van der Waals surface area contributed by atoms with Gasteiger partial charge in [0.25, 0.3) is 5.91 Å². The standard InChI is InChI=1S/C27H35ClF3N3O5/c1-25(2,3)15-33(14-19(35)21-18(28)7-6-8-20(21)39-5)23(36)17-13-32-34(22(17)27(29,30)31)16-9-11-26(4,12-10-16)24(37)38/h6-8,13,16,19,35H,9-12,14-15H2,1-5H3,(H,37,38)/t16?,19-,26?/m0/s1. The zero-order valence-electron chi connectivity index (χ0n) is 22.7. The molecule has 1 aromatic carbocycles. The number of amides is 1. The summed E-state index contributed by atoms with van der Waals surface area (Å²) < 4.78 is 49.3. The number of aliphatic carboxylic acids is 1. The largest absolute Gasteiger partial charge is 0.496 e. The highest BCUT2D eigenvalue weighted by Gasteiger charge is 2.45. The maximum Gasteiger partial charge on any atom is 0.433 e. The molecule has 216 valence electrons. The lowest BCUT2D eigenvalue weighted by atomic mass is 9.74. The summed E-state index contributed by atoms with van der Waals surface area (Å²) in [7, 11) is 1.40. The molecule has 0 bridgehead atoms. The molecule has 0 spiro atoms. The molecule has 1 aliphatic rings. The van der Waals surface area contributed by atoms with Gasteiger partial charge in [0.1, 0.15) is 11.9 Å². The number of aromatic nitrogens is 2. The van der Waals surface area contributed by atoms with Crippen molar-refractivity contribution in [3.63, 3.8) is 0 Å². The van der Waals surface area contributed by atoms with E-state index in [0.29, 0.717) is 0 Å². The summed E-state index contributed by atoms with van der Waals surface area (Å²) >= 11 is 6.29. The normalized spacial score (nSPS) is 20.9.